The number of likely N-dealkylation sites (tertiary alicyclic amines) is 1. The molecule has 28 heavy (non-hydrogen) atoms. The van der Waals surface area contributed by atoms with Crippen LogP contribution in [0.2, 0.25) is 0 Å². The quantitative estimate of drug-likeness (QED) is 0.675. The van der Waals surface area contributed by atoms with E-state index in [2.05, 4.69) is 10.1 Å². The minimum Gasteiger partial charge on any atom is -0.339 e. The zero-order chi connectivity index (χ0) is 19.7. The van der Waals surface area contributed by atoms with E-state index in [9.17, 15) is 13.6 Å². The normalized spacial score (nSPS) is 17.0. The molecule has 1 aromatic heterocycles. The van der Waals surface area contributed by atoms with Gasteiger partial charge < -0.3 is 9.42 Å². The molecule has 3 aromatic rings. The van der Waals surface area contributed by atoms with Crippen molar-refractivity contribution in [3.63, 3.8) is 0 Å². The second kappa shape index (κ2) is 7.50. The number of hydrogen-bond donors (Lipinski definition) is 0. The molecule has 2 aromatic carbocycles. The van der Waals surface area contributed by atoms with Crippen LogP contribution in [-0.2, 0) is 0 Å². The molecule has 0 radical (unpaired) electrons. The van der Waals surface area contributed by atoms with Crippen molar-refractivity contribution in [1.29, 1.82) is 0 Å². The third kappa shape index (κ3) is 3.52. The second-order valence-corrected chi connectivity index (χ2v) is 6.99. The monoisotopic (exact) mass is 383 g/mol. The molecule has 1 atom stereocenters. The molecular weight excluding hydrogens is 364 g/mol. The van der Waals surface area contributed by atoms with E-state index in [4.69, 9.17) is 4.52 Å². The Bertz CT molecular complexity index is 1020. The van der Waals surface area contributed by atoms with Crippen LogP contribution in [0.15, 0.2) is 47.0 Å². The van der Waals surface area contributed by atoms with Crippen molar-refractivity contribution >= 4 is 5.91 Å². The molecule has 1 aliphatic rings. The lowest BCUT2D eigenvalue weighted by Gasteiger charge is -2.31. The fourth-order valence-corrected chi connectivity index (χ4v) is 3.55. The summed E-state index contributed by atoms with van der Waals surface area (Å²) in [5.41, 5.74) is 1.37. The Morgan fingerprint density at radius 2 is 2.04 bits per heavy atom. The zero-order valence-electron chi connectivity index (χ0n) is 15.4. The van der Waals surface area contributed by atoms with Crippen LogP contribution < -0.4 is 0 Å². The first kappa shape index (κ1) is 18.3. The average molecular weight is 383 g/mol. The Kier molecular flexibility index (Phi) is 4.90. The lowest BCUT2D eigenvalue weighted by atomic mass is 9.96. The molecule has 0 saturated carbocycles. The van der Waals surface area contributed by atoms with Crippen molar-refractivity contribution in [2.75, 3.05) is 13.1 Å². The molecule has 1 aliphatic heterocycles. The number of carbonyl (C=O) groups is 1. The summed E-state index contributed by atoms with van der Waals surface area (Å²) in [4.78, 5) is 18.9. The number of rotatable bonds is 3. The molecule has 0 aliphatic carbocycles. The highest BCUT2D eigenvalue weighted by molar-refractivity contribution is 5.95. The van der Waals surface area contributed by atoms with Crippen LogP contribution in [0.4, 0.5) is 8.78 Å². The summed E-state index contributed by atoms with van der Waals surface area (Å²) in [6, 6.07) is 10.4. The van der Waals surface area contributed by atoms with Crippen molar-refractivity contribution in [2.24, 2.45) is 0 Å². The summed E-state index contributed by atoms with van der Waals surface area (Å²) in [5.74, 6) is -0.445. The number of carbonyl (C=O) groups excluding carboxylic acids is 1. The number of amides is 1. The minimum absolute atomic E-state index is 0.119. The van der Waals surface area contributed by atoms with E-state index >= 15 is 0 Å². The number of nitrogens with zero attached hydrogens (tertiary/aromatic N) is 3. The van der Waals surface area contributed by atoms with Gasteiger partial charge >= 0.3 is 0 Å². The Balaban J connectivity index is 1.53. The van der Waals surface area contributed by atoms with Gasteiger partial charge in [0, 0.05) is 18.7 Å². The highest BCUT2D eigenvalue weighted by Crippen LogP contribution is 2.29. The Morgan fingerprint density at radius 3 is 2.82 bits per heavy atom. The van der Waals surface area contributed by atoms with Gasteiger partial charge in [-0.2, -0.15) is 4.98 Å². The Labute approximate surface area is 161 Å². The SMILES string of the molecule is Cc1cc(F)ccc1C(=O)N1CCCC(c2nc(-c3ccccc3F)no2)C1. The van der Waals surface area contributed by atoms with Gasteiger partial charge in [0.05, 0.1) is 11.5 Å². The van der Waals surface area contributed by atoms with E-state index in [-0.39, 0.29) is 29.0 Å². The standard InChI is InChI=1S/C21H19F2N3O2/c1-13-11-15(22)8-9-16(13)21(27)26-10-4-5-14(12-26)20-24-19(25-28-20)17-6-2-3-7-18(17)23/h2-3,6-9,11,14H,4-5,10,12H2,1H3. The number of halogens is 2. The van der Waals surface area contributed by atoms with Crippen molar-refractivity contribution in [3.05, 3.63) is 71.1 Å². The van der Waals surface area contributed by atoms with Gasteiger partial charge in [-0.05, 0) is 55.7 Å². The van der Waals surface area contributed by atoms with E-state index < -0.39 is 5.82 Å². The van der Waals surface area contributed by atoms with Gasteiger partial charge in [0.2, 0.25) is 11.7 Å². The number of aromatic nitrogens is 2. The van der Waals surface area contributed by atoms with Crippen LogP contribution in [0.25, 0.3) is 11.4 Å². The van der Waals surface area contributed by atoms with Crippen molar-refractivity contribution < 1.29 is 18.1 Å². The summed E-state index contributed by atoms with van der Waals surface area (Å²) < 4.78 is 32.6. The fraction of sp³-hybridized carbons (Fsp3) is 0.286. The summed E-state index contributed by atoms with van der Waals surface area (Å²) >= 11 is 0. The molecular formula is C21H19F2N3O2. The molecule has 1 unspecified atom stereocenters. The smallest absolute Gasteiger partial charge is 0.254 e. The third-order valence-corrected chi connectivity index (χ3v) is 5.03. The van der Waals surface area contributed by atoms with Gasteiger partial charge in [0.15, 0.2) is 0 Å². The molecule has 1 amide bonds. The molecule has 0 spiro atoms. The molecule has 7 heteroatoms. The largest absolute Gasteiger partial charge is 0.339 e. The molecule has 144 valence electrons. The second-order valence-electron chi connectivity index (χ2n) is 6.99. The minimum atomic E-state index is -0.415. The summed E-state index contributed by atoms with van der Waals surface area (Å²) in [6.45, 7) is 2.76. The number of benzene rings is 2. The summed E-state index contributed by atoms with van der Waals surface area (Å²) in [5, 5.41) is 3.90. The van der Waals surface area contributed by atoms with E-state index in [1.54, 1.807) is 30.0 Å². The molecule has 4 rings (SSSR count). The maximum Gasteiger partial charge on any atom is 0.254 e. The summed E-state index contributed by atoms with van der Waals surface area (Å²) in [6.07, 6.45) is 1.58. The van der Waals surface area contributed by atoms with Crippen molar-refractivity contribution in [2.45, 2.75) is 25.7 Å². The van der Waals surface area contributed by atoms with Crippen LogP contribution in [0.3, 0.4) is 0 Å². The van der Waals surface area contributed by atoms with Crippen LogP contribution >= 0.6 is 0 Å². The first-order chi connectivity index (χ1) is 13.5. The molecule has 0 N–H and O–H groups in total. The fourth-order valence-electron chi connectivity index (χ4n) is 3.55. The van der Waals surface area contributed by atoms with E-state index in [0.29, 0.717) is 30.1 Å². The first-order valence-corrected chi connectivity index (χ1v) is 9.17. The summed E-state index contributed by atoms with van der Waals surface area (Å²) in [7, 11) is 0. The van der Waals surface area contributed by atoms with Gasteiger partial charge in [-0.3, -0.25) is 4.79 Å². The molecule has 5 nitrogen and oxygen atoms in total. The van der Waals surface area contributed by atoms with Crippen LogP contribution in [-0.4, -0.2) is 34.0 Å². The van der Waals surface area contributed by atoms with Gasteiger partial charge in [0.25, 0.3) is 5.91 Å². The third-order valence-electron chi connectivity index (χ3n) is 5.03. The van der Waals surface area contributed by atoms with Crippen molar-refractivity contribution in [1.82, 2.24) is 15.0 Å². The van der Waals surface area contributed by atoms with Crippen molar-refractivity contribution in [3.8, 4) is 11.4 Å². The van der Waals surface area contributed by atoms with E-state index in [1.807, 2.05) is 0 Å². The van der Waals surface area contributed by atoms with E-state index in [1.165, 1.54) is 24.3 Å². The predicted molar refractivity (Wildman–Crippen MR) is 98.7 cm³/mol. The Hall–Kier alpha value is -3.09. The maximum absolute atomic E-state index is 13.9. The average Bonchev–Trinajstić information content (AvgIpc) is 3.18. The first-order valence-electron chi connectivity index (χ1n) is 9.17. The molecule has 1 saturated heterocycles. The van der Waals surface area contributed by atoms with E-state index in [0.717, 1.165) is 12.8 Å². The van der Waals surface area contributed by atoms with Gasteiger partial charge in [-0.1, -0.05) is 17.3 Å². The molecule has 0 bridgehead atoms. The van der Waals surface area contributed by atoms with Gasteiger partial charge in [-0.15, -0.1) is 0 Å². The topological polar surface area (TPSA) is 59.2 Å². The van der Waals surface area contributed by atoms with Gasteiger partial charge in [0.1, 0.15) is 11.6 Å². The predicted octanol–water partition coefficient (Wildman–Crippen LogP) is 4.34. The molecule has 2 heterocycles. The zero-order valence-corrected chi connectivity index (χ0v) is 15.4. The van der Waals surface area contributed by atoms with Gasteiger partial charge in [-0.25, -0.2) is 8.78 Å². The Morgan fingerprint density at radius 1 is 1.21 bits per heavy atom. The molecule has 1 fully saturated rings. The number of hydrogen-bond acceptors (Lipinski definition) is 4. The highest BCUT2D eigenvalue weighted by atomic mass is 19.1. The highest BCUT2D eigenvalue weighted by Gasteiger charge is 2.30. The van der Waals surface area contributed by atoms with Crippen LogP contribution in [0.1, 0.15) is 40.6 Å². The van der Waals surface area contributed by atoms with Crippen LogP contribution in [0.5, 0.6) is 0 Å². The maximum atomic E-state index is 13.9. The lowest BCUT2D eigenvalue weighted by Crippen LogP contribution is -2.39. The van der Waals surface area contributed by atoms with Crippen LogP contribution in [0, 0.1) is 18.6 Å². The number of aryl methyl sites for hydroxylation is 1. The lowest BCUT2D eigenvalue weighted by molar-refractivity contribution is 0.0695. The number of piperidine rings is 1.